The van der Waals surface area contributed by atoms with Crippen molar-refractivity contribution in [2.75, 3.05) is 0 Å². The molecule has 2 rings (SSSR count). The van der Waals surface area contributed by atoms with Crippen LogP contribution < -0.4 is 4.74 Å². The fourth-order valence-electron chi connectivity index (χ4n) is 1.55. The van der Waals surface area contributed by atoms with Crippen LogP contribution in [0.4, 0.5) is 0 Å². The Kier molecular flexibility index (Phi) is 3.42. The van der Waals surface area contributed by atoms with Crippen LogP contribution in [0, 0.1) is 18.3 Å². The van der Waals surface area contributed by atoms with E-state index in [1.165, 1.54) is 5.56 Å². The van der Waals surface area contributed by atoms with Crippen molar-refractivity contribution in [3.63, 3.8) is 0 Å². The molecule has 2 nitrogen and oxygen atoms in total. The van der Waals surface area contributed by atoms with Crippen molar-refractivity contribution in [1.29, 1.82) is 5.26 Å². The van der Waals surface area contributed by atoms with E-state index in [1.807, 2.05) is 55.5 Å². The molecule has 0 atom stereocenters. The van der Waals surface area contributed by atoms with Crippen molar-refractivity contribution in [3.05, 3.63) is 59.7 Å². The van der Waals surface area contributed by atoms with E-state index in [2.05, 4.69) is 6.07 Å². The van der Waals surface area contributed by atoms with E-state index < -0.39 is 0 Å². The lowest BCUT2D eigenvalue weighted by atomic mass is 10.1. The third-order valence-electron chi connectivity index (χ3n) is 2.44. The van der Waals surface area contributed by atoms with Crippen molar-refractivity contribution in [1.82, 2.24) is 0 Å². The smallest absolute Gasteiger partial charge is 0.127 e. The third-order valence-corrected chi connectivity index (χ3v) is 2.44. The van der Waals surface area contributed by atoms with Gasteiger partial charge in [0.05, 0.1) is 12.5 Å². The summed E-state index contributed by atoms with van der Waals surface area (Å²) >= 11 is 0. The van der Waals surface area contributed by atoms with Crippen molar-refractivity contribution in [2.45, 2.75) is 13.3 Å². The van der Waals surface area contributed by atoms with Crippen LogP contribution in [0.25, 0.3) is 0 Å². The monoisotopic (exact) mass is 223 g/mol. The van der Waals surface area contributed by atoms with Crippen molar-refractivity contribution in [2.24, 2.45) is 0 Å². The highest BCUT2D eigenvalue weighted by atomic mass is 16.5. The minimum atomic E-state index is 0.408. The molecule has 0 aliphatic heterocycles. The van der Waals surface area contributed by atoms with Crippen LogP contribution in [0.5, 0.6) is 11.5 Å². The van der Waals surface area contributed by atoms with Crippen molar-refractivity contribution in [3.8, 4) is 17.6 Å². The van der Waals surface area contributed by atoms with Gasteiger partial charge in [-0.3, -0.25) is 0 Å². The zero-order valence-electron chi connectivity index (χ0n) is 9.68. The highest BCUT2D eigenvalue weighted by Crippen LogP contribution is 2.22. The van der Waals surface area contributed by atoms with Gasteiger partial charge in [-0.25, -0.2) is 0 Å². The second kappa shape index (κ2) is 5.18. The first kappa shape index (κ1) is 11.2. The Morgan fingerprint density at radius 3 is 2.53 bits per heavy atom. The summed E-state index contributed by atoms with van der Waals surface area (Å²) in [6.07, 6.45) is 0.408. The summed E-state index contributed by atoms with van der Waals surface area (Å²) in [5, 5.41) is 8.64. The fourth-order valence-corrected chi connectivity index (χ4v) is 1.55. The summed E-state index contributed by atoms with van der Waals surface area (Å²) in [5.41, 5.74) is 2.17. The Balaban J connectivity index is 2.16. The van der Waals surface area contributed by atoms with Crippen LogP contribution in [0.2, 0.25) is 0 Å². The Morgan fingerprint density at radius 2 is 1.82 bits per heavy atom. The summed E-state index contributed by atoms with van der Waals surface area (Å²) < 4.78 is 5.71. The molecule has 2 aromatic rings. The number of nitrogens with zero attached hydrogens (tertiary/aromatic N) is 1. The minimum absolute atomic E-state index is 0.408. The predicted molar refractivity (Wildman–Crippen MR) is 67.0 cm³/mol. The molecule has 0 saturated heterocycles. The van der Waals surface area contributed by atoms with Gasteiger partial charge in [-0.15, -0.1) is 0 Å². The molecule has 0 bridgehead atoms. The maximum absolute atomic E-state index is 8.64. The summed E-state index contributed by atoms with van der Waals surface area (Å²) in [6, 6.07) is 17.6. The van der Waals surface area contributed by atoms with Gasteiger partial charge >= 0.3 is 0 Å². The van der Waals surface area contributed by atoms with E-state index in [0.29, 0.717) is 6.42 Å². The summed E-state index contributed by atoms with van der Waals surface area (Å²) in [7, 11) is 0. The molecule has 0 radical (unpaired) electrons. The van der Waals surface area contributed by atoms with Gasteiger partial charge < -0.3 is 4.74 Å². The number of hydrogen-bond donors (Lipinski definition) is 0. The molecule has 0 aliphatic carbocycles. The maximum Gasteiger partial charge on any atom is 0.127 e. The van der Waals surface area contributed by atoms with Gasteiger partial charge in [0.1, 0.15) is 11.5 Å². The molecule has 2 heteroatoms. The molecule has 0 amide bonds. The molecule has 0 aliphatic rings. The Hall–Kier alpha value is -2.27. The third kappa shape index (κ3) is 3.09. The molecule has 0 heterocycles. The van der Waals surface area contributed by atoms with E-state index in [-0.39, 0.29) is 0 Å². The molecule has 0 unspecified atom stereocenters. The molecule has 2 aromatic carbocycles. The quantitative estimate of drug-likeness (QED) is 0.791. The SMILES string of the molecule is Cc1ccc(Oc2cccc(CC#N)c2)cc1. The topological polar surface area (TPSA) is 33.0 Å². The molecule has 0 aromatic heterocycles. The number of benzene rings is 2. The first-order chi connectivity index (χ1) is 8.28. The summed E-state index contributed by atoms with van der Waals surface area (Å²) in [5.74, 6) is 1.58. The largest absolute Gasteiger partial charge is 0.457 e. The van der Waals surface area contributed by atoms with Gasteiger partial charge in [0, 0.05) is 0 Å². The van der Waals surface area contributed by atoms with Crippen LogP contribution in [0.15, 0.2) is 48.5 Å². The van der Waals surface area contributed by atoms with Gasteiger partial charge in [0.15, 0.2) is 0 Å². The lowest BCUT2D eigenvalue weighted by Crippen LogP contribution is -1.86. The minimum Gasteiger partial charge on any atom is -0.457 e. The summed E-state index contributed by atoms with van der Waals surface area (Å²) in [6.45, 7) is 2.04. The van der Waals surface area contributed by atoms with Crippen molar-refractivity contribution < 1.29 is 4.74 Å². The van der Waals surface area contributed by atoms with E-state index in [1.54, 1.807) is 0 Å². The standard InChI is InChI=1S/C15H13NO/c1-12-5-7-14(8-6-12)17-15-4-2-3-13(11-15)9-10-16/h2-8,11H,9H2,1H3. The highest BCUT2D eigenvalue weighted by molar-refractivity contribution is 5.35. The average molecular weight is 223 g/mol. The van der Waals surface area contributed by atoms with Crippen LogP contribution >= 0.6 is 0 Å². The lowest BCUT2D eigenvalue weighted by molar-refractivity contribution is 0.482. The van der Waals surface area contributed by atoms with Crippen LogP contribution in [0.1, 0.15) is 11.1 Å². The number of rotatable bonds is 3. The summed E-state index contributed by atoms with van der Waals surface area (Å²) in [4.78, 5) is 0. The Labute approximate surface area is 101 Å². The Morgan fingerprint density at radius 1 is 1.06 bits per heavy atom. The fraction of sp³-hybridized carbons (Fsp3) is 0.133. The van der Waals surface area contributed by atoms with Gasteiger partial charge in [-0.05, 0) is 36.8 Å². The van der Waals surface area contributed by atoms with Crippen LogP contribution in [-0.2, 0) is 6.42 Å². The first-order valence-corrected chi connectivity index (χ1v) is 5.48. The molecule has 84 valence electrons. The van der Waals surface area contributed by atoms with E-state index in [0.717, 1.165) is 17.1 Å². The average Bonchev–Trinajstić information content (AvgIpc) is 2.33. The second-order valence-corrected chi connectivity index (χ2v) is 3.90. The molecule has 17 heavy (non-hydrogen) atoms. The van der Waals surface area contributed by atoms with Crippen molar-refractivity contribution >= 4 is 0 Å². The first-order valence-electron chi connectivity index (χ1n) is 5.48. The van der Waals surface area contributed by atoms with E-state index in [9.17, 15) is 0 Å². The lowest BCUT2D eigenvalue weighted by Gasteiger charge is -2.06. The number of hydrogen-bond acceptors (Lipinski definition) is 2. The van der Waals surface area contributed by atoms with Crippen LogP contribution in [-0.4, -0.2) is 0 Å². The zero-order valence-corrected chi connectivity index (χ0v) is 9.68. The van der Waals surface area contributed by atoms with E-state index in [4.69, 9.17) is 10.00 Å². The van der Waals surface area contributed by atoms with Crippen LogP contribution in [0.3, 0.4) is 0 Å². The Bertz CT molecular complexity index is 538. The molecular weight excluding hydrogens is 210 g/mol. The van der Waals surface area contributed by atoms with Gasteiger partial charge in [0.2, 0.25) is 0 Å². The number of nitriles is 1. The van der Waals surface area contributed by atoms with Gasteiger partial charge in [-0.2, -0.15) is 5.26 Å². The number of aryl methyl sites for hydroxylation is 1. The molecule has 0 N–H and O–H groups in total. The maximum atomic E-state index is 8.64. The molecular formula is C15H13NO. The zero-order chi connectivity index (χ0) is 12.1. The molecule has 0 saturated carbocycles. The van der Waals surface area contributed by atoms with E-state index >= 15 is 0 Å². The highest BCUT2D eigenvalue weighted by Gasteiger charge is 1.98. The second-order valence-electron chi connectivity index (χ2n) is 3.90. The number of ether oxygens (including phenoxy) is 1. The normalized spacial score (nSPS) is 9.65. The molecule has 0 fully saturated rings. The van der Waals surface area contributed by atoms with Gasteiger partial charge in [-0.1, -0.05) is 29.8 Å². The molecule has 0 spiro atoms. The predicted octanol–water partition coefficient (Wildman–Crippen LogP) is 3.85. The van der Waals surface area contributed by atoms with Gasteiger partial charge in [0.25, 0.3) is 0 Å².